The first-order chi connectivity index (χ1) is 13.4. The Kier molecular flexibility index (Phi) is 4.77. The number of anilines is 2. The van der Waals surface area contributed by atoms with Gasteiger partial charge in [0, 0.05) is 49.3 Å². The van der Waals surface area contributed by atoms with Crippen LogP contribution in [0, 0.1) is 5.82 Å². The van der Waals surface area contributed by atoms with Gasteiger partial charge in [0.15, 0.2) is 5.82 Å². The average Bonchev–Trinajstić information content (AvgIpc) is 3.29. The Labute approximate surface area is 166 Å². The van der Waals surface area contributed by atoms with Gasteiger partial charge in [0.1, 0.15) is 5.82 Å². The Morgan fingerprint density at radius 1 is 1.21 bits per heavy atom. The molecule has 1 atom stereocenters. The summed E-state index contributed by atoms with van der Waals surface area (Å²) in [4.78, 5) is 20.3. The van der Waals surface area contributed by atoms with Crippen LogP contribution in [0.15, 0.2) is 47.0 Å². The van der Waals surface area contributed by atoms with Crippen LogP contribution in [0.25, 0.3) is 11.5 Å². The lowest BCUT2D eigenvalue weighted by Gasteiger charge is -2.17. The maximum Gasteiger partial charge on any atom is 0.257 e. The van der Waals surface area contributed by atoms with Crippen molar-refractivity contribution in [2.75, 3.05) is 30.4 Å². The number of amides is 1. The predicted octanol–water partition coefficient (Wildman–Crippen LogP) is 4.12. The molecule has 2 heterocycles. The molecule has 1 amide bonds. The van der Waals surface area contributed by atoms with E-state index in [2.05, 4.69) is 10.1 Å². The number of carbonyl (C=O) groups is 1. The second-order valence-corrected chi connectivity index (χ2v) is 7.34. The molecule has 1 unspecified atom stereocenters. The van der Waals surface area contributed by atoms with Crippen molar-refractivity contribution in [2.45, 2.75) is 12.3 Å². The Bertz CT molecular complexity index is 1020. The summed E-state index contributed by atoms with van der Waals surface area (Å²) in [6, 6.07) is 12.0. The van der Waals surface area contributed by atoms with Crippen LogP contribution in [0.3, 0.4) is 0 Å². The molecule has 0 saturated carbocycles. The Balaban J connectivity index is 1.54. The molecule has 0 aliphatic carbocycles. The van der Waals surface area contributed by atoms with Crippen molar-refractivity contribution in [3.05, 3.63) is 59.1 Å². The molecule has 4 rings (SSSR count). The van der Waals surface area contributed by atoms with Crippen LogP contribution in [0.5, 0.6) is 0 Å². The molecule has 3 aromatic rings. The minimum absolute atomic E-state index is 0.187. The van der Waals surface area contributed by atoms with Crippen molar-refractivity contribution in [3.8, 4) is 11.5 Å². The molecule has 0 spiro atoms. The van der Waals surface area contributed by atoms with Gasteiger partial charge in [0.2, 0.25) is 5.91 Å². The third-order valence-corrected chi connectivity index (χ3v) is 5.00. The molecule has 1 aliphatic rings. The van der Waals surface area contributed by atoms with Crippen molar-refractivity contribution in [1.29, 1.82) is 0 Å². The monoisotopic (exact) mass is 400 g/mol. The first kappa shape index (κ1) is 18.4. The van der Waals surface area contributed by atoms with Crippen LogP contribution < -0.4 is 9.80 Å². The lowest BCUT2D eigenvalue weighted by molar-refractivity contribution is -0.117. The summed E-state index contributed by atoms with van der Waals surface area (Å²) in [5.41, 5.74) is 2.07. The van der Waals surface area contributed by atoms with Crippen LogP contribution in [-0.2, 0) is 4.79 Å². The molecule has 2 aromatic carbocycles. The third kappa shape index (κ3) is 3.45. The lowest BCUT2D eigenvalue weighted by Crippen LogP contribution is -2.25. The summed E-state index contributed by atoms with van der Waals surface area (Å²) in [5, 5.41) is 4.33. The van der Waals surface area contributed by atoms with Gasteiger partial charge in [-0.05, 0) is 42.5 Å². The van der Waals surface area contributed by atoms with Crippen molar-refractivity contribution in [3.63, 3.8) is 0 Å². The van der Waals surface area contributed by atoms with Gasteiger partial charge < -0.3 is 14.3 Å². The van der Waals surface area contributed by atoms with Crippen LogP contribution in [0.1, 0.15) is 18.2 Å². The molecule has 0 N–H and O–H groups in total. The van der Waals surface area contributed by atoms with E-state index in [1.807, 2.05) is 43.3 Å². The van der Waals surface area contributed by atoms with Crippen molar-refractivity contribution >= 4 is 28.9 Å². The summed E-state index contributed by atoms with van der Waals surface area (Å²) in [6.07, 6.45) is 0.195. The van der Waals surface area contributed by atoms with E-state index in [1.54, 1.807) is 6.07 Å². The quantitative estimate of drug-likeness (QED) is 0.659. The van der Waals surface area contributed by atoms with Crippen LogP contribution in [0.2, 0.25) is 5.02 Å². The summed E-state index contributed by atoms with van der Waals surface area (Å²) in [5.74, 6) is -0.147. The molecular formula is C20H18ClFN4O2. The molecule has 6 nitrogen and oxygen atoms in total. The number of halogens is 2. The van der Waals surface area contributed by atoms with Gasteiger partial charge in [-0.2, -0.15) is 4.98 Å². The van der Waals surface area contributed by atoms with Gasteiger partial charge in [0.25, 0.3) is 5.89 Å². The summed E-state index contributed by atoms with van der Waals surface area (Å²) >= 11 is 5.79. The van der Waals surface area contributed by atoms with E-state index in [9.17, 15) is 9.18 Å². The second kappa shape index (κ2) is 7.24. The van der Waals surface area contributed by atoms with E-state index in [-0.39, 0.29) is 35.5 Å². The zero-order valence-electron chi connectivity index (χ0n) is 15.4. The Morgan fingerprint density at radius 3 is 2.64 bits per heavy atom. The van der Waals surface area contributed by atoms with Crippen LogP contribution >= 0.6 is 11.6 Å². The van der Waals surface area contributed by atoms with Gasteiger partial charge in [0.05, 0.1) is 5.69 Å². The van der Waals surface area contributed by atoms with Crippen molar-refractivity contribution in [2.24, 2.45) is 0 Å². The minimum Gasteiger partial charge on any atom is -0.378 e. The van der Waals surface area contributed by atoms with E-state index >= 15 is 0 Å². The molecule has 0 radical (unpaired) electrons. The lowest BCUT2D eigenvalue weighted by atomic mass is 10.1. The molecule has 28 heavy (non-hydrogen) atoms. The highest BCUT2D eigenvalue weighted by atomic mass is 35.5. The molecule has 1 aliphatic heterocycles. The molecule has 1 saturated heterocycles. The molecule has 1 aromatic heterocycles. The first-order valence-corrected chi connectivity index (χ1v) is 9.17. The molecular weight excluding hydrogens is 383 g/mol. The predicted molar refractivity (Wildman–Crippen MR) is 105 cm³/mol. The molecule has 0 bridgehead atoms. The number of rotatable bonds is 4. The summed E-state index contributed by atoms with van der Waals surface area (Å²) in [6.45, 7) is 0.288. The fourth-order valence-electron chi connectivity index (χ4n) is 3.23. The molecule has 144 valence electrons. The third-order valence-electron chi connectivity index (χ3n) is 4.76. The average molecular weight is 401 g/mol. The standard InChI is InChI=1S/C20H18ClFN4O2/c1-25(2)15-6-3-12(4-7-15)20-23-19(24-28-20)13-9-18(27)26(11-13)17-8-5-14(21)10-16(17)22/h3-8,10,13H,9,11H2,1-2H3. The first-order valence-electron chi connectivity index (χ1n) is 8.79. The van der Waals surface area contributed by atoms with E-state index in [4.69, 9.17) is 16.1 Å². The largest absolute Gasteiger partial charge is 0.378 e. The topological polar surface area (TPSA) is 62.5 Å². The van der Waals surface area contributed by atoms with Crippen LogP contribution in [0.4, 0.5) is 15.8 Å². The highest BCUT2D eigenvalue weighted by Gasteiger charge is 2.35. The Hall–Kier alpha value is -2.93. The van der Waals surface area contributed by atoms with Gasteiger partial charge in [-0.1, -0.05) is 16.8 Å². The number of benzene rings is 2. The number of nitrogens with zero attached hydrogens (tertiary/aromatic N) is 4. The van der Waals surface area contributed by atoms with Crippen LogP contribution in [-0.4, -0.2) is 36.7 Å². The number of carbonyl (C=O) groups excluding carboxylic acids is 1. The minimum atomic E-state index is -0.531. The van der Waals surface area contributed by atoms with Gasteiger partial charge in [-0.25, -0.2) is 4.39 Å². The zero-order valence-corrected chi connectivity index (χ0v) is 16.2. The second-order valence-electron chi connectivity index (χ2n) is 6.90. The summed E-state index contributed by atoms with van der Waals surface area (Å²) in [7, 11) is 3.93. The maximum absolute atomic E-state index is 14.2. The molecule has 1 fully saturated rings. The van der Waals surface area contributed by atoms with E-state index < -0.39 is 5.82 Å². The smallest absolute Gasteiger partial charge is 0.257 e. The molecule has 8 heteroatoms. The van der Waals surface area contributed by atoms with Crippen molar-refractivity contribution in [1.82, 2.24) is 10.1 Å². The van der Waals surface area contributed by atoms with E-state index in [0.717, 1.165) is 11.3 Å². The number of hydrogen-bond donors (Lipinski definition) is 0. The Morgan fingerprint density at radius 2 is 1.96 bits per heavy atom. The van der Waals surface area contributed by atoms with Crippen molar-refractivity contribution < 1.29 is 13.7 Å². The van der Waals surface area contributed by atoms with Gasteiger partial charge in [-0.15, -0.1) is 0 Å². The van der Waals surface area contributed by atoms with E-state index in [1.165, 1.54) is 17.0 Å². The van der Waals surface area contributed by atoms with E-state index in [0.29, 0.717) is 11.7 Å². The maximum atomic E-state index is 14.2. The van der Waals surface area contributed by atoms with Gasteiger partial charge in [-0.3, -0.25) is 4.79 Å². The number of aromatic nitrogens is 2. The number of hydrogen-bond acceptors (Lipinski definition) is 5. The fourth-order valence-corrected chi connectivity index (χ4v) is 3.39. The zero-order chi connectivity index (χ0) is 19.8. The summed E-state index contributed by atoms with van der Waals surface area (Å²) < 4.78 is 19.6. The highest BCUT2D eigenvalue weighted by molar-refractivity contribution is 6.30. The fraction of sp³-hybridized carbons (Fsp3) is 0.250. The SMILES string of the molecule is CN(C)c1ccc(-c2nc(C3CC(=O)N(c4ccc(Cl)cc4F)C3)no2)cc1. The van der Waals surface area contributed by atoms with Gasteiger partial charge >= 0.3 is 0 Å². The highest BCUT2D eigenvalue weighted by Crippen LogP contribution is 2.33. The normalized spacial score (nSPS) is 16.6.